The minimum absolute atomic E-state index is 0.0458. The van der Waals surface area contributed by atoms with E-state index >= 15 is 0 Å². The number of hydrogen-bond acceptors (Lipinski definition) is 7. The average Bonchev–Trinajstić information content (AvgIpc) is 3.03. The molecule has 11 heteroatoms. The molecule has 2 amide bonds. The third-order valence-corrected chi connectivity index (χ3v) is 5.90. The smallest absolute Gasteiger partial charge is 0.291 e. The number of nitrogens with one attached hydrogen (secondary N) is 3. The van der Waals surface area contributed by atoms with Crippen LogP contribution in [0.5, 0.6) is 0 Å². The predicted octanol–water partition coefficient (Wildman–Crippen LogP) is 1.83. The number of amides is 2. The topological polar surface area (TPSA) is 130 Å². The van der Waals surface area contributed by atoms with Crippen LogP contribution >= 0.6 is 11.3 Å². The number of para-hydroxylation sites is 1. The number of sulfonamides is 1. The summed E-state index contributed by atoms with van der Waals surface area (Å²) in [6.45, 7) is 5.07. The molecule has 0 saturated heterocycles. The molecule has 0 saturated carbocycles. The van der Waals surface area contributed by atoms with Crippen molar-refractivity contribution in [3.05, 3.63) is 29.8 Å². The van der Waals surface area contributed by atoms with Gasteiger partial charge < -0.3 is 10.6 Å². The summed E-state index contributed by atoms with van der Waals surface area (Å²) >= 11 is 0.711. The van der Waals surface area contributed by atoms with Crippen LogP contribution in [-0.2, 0) is 14.8 Å². The molecule has 0 aliphatic heterocycles. The van der Waals surface area contributed by atoms with Crippen molar-refractivity contribution in [1.29, 1.82) is 0 Å². The summed E-state index contributed by atoms with van der Waals surface area (Å²) in [5.41, 5.74) is 0.326. The van der Waals surface area contributed by atoms with E-state index in [0.717, 1.165) is 6.42 Å². The molecule has 0 spiro atoms. The number of carbonyl (C=O) groups excluding carboxylic acids is 2. The number of benzene rings is 1. The Morgan fingerprint density at radius 1 is 1.23 bits per heavy atom. The second-order valence-corrected chi connectivity index (χ2v) is 8.32. The van der Waals surface area contributed by atoms with Crippen molar-refractivity contribution >= 4 is 44.0 Å². The van der Waals surface area contributed by atoms with Gasteiger partial charge in [0.25, 0.3) is 20.3 Å². The van der Waals surface area contributed by atoms with Crippen LogP contribution in [0.1, 0.15) is 37.6 Å². The van der Waals surface area contributed by atoms with Gasteiger partial charge in [0.1, 0.15) is 0 Å². The molecule has 0 aliphatic carbocycles. The zero-order chi connectivity index (χ0) is 19.3. The summed E-state index contributed by atoms with van der Waals surface area (Å²) in [6.07, 6.45) is 0.746. The van der Waals surface area contributed by atoms with E-state index in [1.165, 1.54) is 19.1 Å². The van der Waals surface area contributed by atoms with Gasteiger partial charge >= 0.3 is 0 Å². The van der Waals surface area contributed by atoms with Gasteiger partial charge in [-0.3, -0.25) is 14.3 Å². The average molecular weight is 397 g/mol. The molecule has 0 aliphatic rings. The molecular formula is C15H19N5O4S2. The summed E-state index contributed by atoms with van der Waals surface area (Å²) < 4.78 is 27.0. The maximum Gasteiger partial charge on any atom is 0.291 e. The lowest BCUT2D eigenvalue weighted by molar-refractivity contribution is -0.114. The van der Waals surface area contributed by atoms with E-state index in [4.69, 9.17) is 0 Å². The van der Waals surface area contributed by atoms with Crippen LogP contribution in [-0.4, -0.2) is 36.5 Å². The van der Waals surface area contributed by atoms with E-state index in [-0.39, 0.29) is 38.6 Å². The first-order valence-corrected chi connectivity index (χ1v) is 10.1. The third-order valence-electron chi connectivity index (χ3n) is 3.33. The Hall–Kier alpha value is -2.53. The number of carbonyl (C=O) groups is 2. The first kappa shape index (κ1) is 19.8. The SMILES string of the molecule is CC[C@H](C)NC(=O)c1ccccc1NS(=O)(=O)c1nnc(NC(C)=O)s1. The van der Waals surface area contributed by atoms with Gasteiger partial charge in [0.05, 0.1) is 11.3 Å². The first-order chi connectivity index (χ1) is 12.2. The van der Waals surface area contributed by atoms with Crippen molar-refractivity contribution in [1.82, 2.24) is 15.5 Å². The fourth-order valence-corrected chi connectivity index (χ4v) is 3.91. The van der Waals surface area contributed by atoms with Gasteiger partial charge in [-0.15, -0.1) is 10.2 Å². The van der Waals surface area contributed by atoms with Gasteiger partial charge in [0.15, 0.2) is 0 Å². The van der Waals surface area contributed by atoms with Crippen molar-refractivity contribution in [3.63, 3.8) is 0 Å². The highest BCUT2D eigenvalue weighted by molar-refractivity contribution is 7.94. The highest BCUT2D eigenvalue weighted by Crippen LogP contribution is 2.24. The maximum atomic E-state index is 12.5. The molecule has 0 unspecified atom stereocenters. The van der Waals surface area contributed by atoms with Crippen molar-refractivity contribution in [3.8, 4) is 0 Å². The van der Waals surface area contributed by atoms with Crippen molar-refractivity contribution in [2.45, 2.75) is 37.6 Å². The quantitative estimate of drug-likeness (QED) is 0.611. The molecule has 2 rings (SSSR count). The monoisotopic (exact) mass is 397 g/mol. The molecule has 9 nitrogen and oxygen atoms in total. The molecule has 1 aromatic carbocycles. The molecular weight excluding hydrogens is 378 g/mol. The summed E-state index contributed by atoms with van der Waals surface area (Å²) in [5.74, 6) is -0.765. The summed E-state index contributed by atoms with van der Waals surface area (Å²) in [4.78, 5) is 23.4. The highest BCUT2D eigenvalue weighted by atomic mass is 32.2. The summed E-state index contributed by atoms with van der Waals surface area (Å²) in [6, 6.07) is 6.22. The van der Waals surface area contributed by atoms with Crippen LogP contribution in [0.3, 0.4) is 0 Å². The van der Waals surface area contributed by atoms with E-state index in [0.29, 0.717) is 11.3 Å². The minimum Gasteiger partial charge on any atom is -0.350 e. The fraction of sp³-hybridized carbons (Fsp3) is 0.333. The lowest BCUT2D eigenvalue weighted by Crippen LogP contribution is -2.32. The maximum absolute atomic E-state index is 12.5. The molecule has 3 N–H and O–H groups in total. The molecule has 1 aromatic heterocycles. The van der Waals surface area contributed by atoms with E-state index in [1.807, 2.05) is 13.8 Å². The van der Waals surface area contributed by atoms with E-state index in [9.17, 15) is 18.0 Å². The Labute approximate surface area is 155 Å². The zero-order valence-corrected chi connectivity index (χ0v) is 16.1. The van der Waals surface area contributed by atoms with Crippen LogP contribution in [0.15, 0.2) is 28.6 Å². The van der Waals surface area contributed by atoms with Crippen LogP contribution < -0.4 is 15.4 Å². The second kappa shape index (κ2) is 8.23. The first-order valence-electron chi connectivity index (χ1n) is 7.76. The molecule has 0 radical (unpaired) electrons. The normalized spacial score (nSPS) is 12.3. The molecule has 26 heavy (non-hydrogen) atoms. The Bertz CT molecular complexity index is 910. The molecule has 0 bridgehead atoms. The van der Waals surface area contributed by atoms with Gasteiger partial charge in [-0.05, 0) is 25.5 Å². The largest absolute Gasteiger partial charge is 0.350 e. The highest BCUT2D eigenvalue weighted by Gasteiger charge is 2.23. The zero-order valence-electron chi connectivity index (χ0n) is 14.4. The molecule has 0 fully saturated rings. The number of anilines is 2. The number of nitrogens with zero attached hydrogens (tertiary/aromatic N) is 2. The Morgan fingerprint density at radius 3 is 2.58 bits per heavy atom. The number of aromatic nitrogens is 2. The fourth-order valence-electron chi connectivity index (χ4n) is 1.88. The number of rotatable bonds is 7. The van der Waals surface area contributed by atoms with Crippen molar-refractivity contribution in [2.75, 3.05) is 10.0 Å². The predicted molar refractivity (Wildman–Crippen MR) is 98.7 cm³/mol. The lowest BCUT2D eigenvalue weighted by atomic mass is 10.1. The van der Waals surface area contributed by atoms with Crippen LogP contribution in [0, 0.1) is 0 Å². The summed E-state index contributed by atoms with van der Waals surface area (Å²) in [7, 11) is -4.05. The van der Waals surface area contributed by atoms with Crippen LogP contribution in [0.4, 0.5) is 10.8 Å². The van der Waals surface area contributed by atoms with Crippen LogP contribution in [0.2, 0.25) is 0 Å². The summed E-state index contributed by atoms with van der Waals surface area (Å²) in [5, 5.41) is 12.4. The lowest BCUT2D eigenvalue weighted by Gasteiger charge is -2.14. The van der Waals surface area contributed by atoms with Crippen LogP contribution in [0.25, 0.3) is 0 Å². The standard InChI is InChI=1S/C15H19N5O4S2/c1-4-9(2)16-13(22)11-7-5-6-8-12(11)20-26(23,24)15-19-18-14(25-15)17-10(3)21/h5-9,20H,4H2,1-3H3,(H,16,22)(H,17,18,21)/t9-/m0/s1. The van der Waals surface area contributed by atoms with Crippen molar-refractivity contribution in [2.24, 2.45) is 0 Å². The van der Waals surface area contributed by atoms with E-state index < -0.39 is 10.0 Å². The van der Waals surface area contributed by atoms with E-state index in [1.54, 1.807) is 12.1 Å². The van der Waals surface area contributed by atoms with Gasteiger partial charge in [-0.1, -0.05) is 30.4 Å². The minimum atomic E-state index is -4.05. The van der Waals surface area contributed by atoms with Gasteiger partial charge in [0.2, 0.25) is 11.0 Å². The Kier molecular flexibility index (Phi) is 6.27. The van der Waals surface area contributed by atoms with Gasteiger partial charge in [0, 0.05) is 13.0 Å². The third kappa shape index (κ3) is 4.99. The Balaban J connectivity index is 2.26. The molecule has 1 heterocycles. The molecule has 2 aromatic rings. The van der Waals surface area contributed by atoms with Gasteiger partial charge in [-0.2, -0.15) is 8.42 Å². The Morgan fingerprint density at radius 2 is 1.92 bits per heavy atom. The molecule has 1 atom stereocenters. The number of hydrogen-bond donors (Lipinski definition) is 3. The second-order valence-electron chi connectivity index (χ2n) is 5.49. The van der Waals surface area contributed by atoms with Gasteiger partial charge in [-0.25, -0.2) is 0 Å². The van der Waals surface area contributed by atoms with Crippen molar-refractivity contribution < 1.29 is 18.0 Å². The van der Waals surface area contributed by atoms with E-state index in [2.05, 4.69) is 25.6 Å². The molecule has 140 valence electrons.